The predicted molar refractivity (Wildman–Crippen MR) is 118 cm³/mol. The van der Waals surface area contributed by atoms with Gasteiger partial charge in [0.05, 0.1) is 17.1 Å². The molecule has 1 amide bonds. The van der Waals surface area contributed by atoms with Crippen LogP contribution in [0.2, 0.25) is 0 Å². The summed E-state index contributed by atoms with van der Waals surface area (Å²) >= 11 is 0. The Morgan fingerprint density at radius 2 is 1.78 bits per heavy atom. The van der Waals surface area contributed by atoms with Crippen LogP contribution in [-0.2, 0) is 27.5 Å². The predicted octanol–water partition coefficient (Wildman–Crippen LogP) is 3.91. The van der Waals surface area contributed by atoms with Crippen molar-refractivity contribution in [2.45, 2.75) is 36.5 Å². The summed E-state index contributed by atoms with van der Waals surface area (Å²) in [6, 6.07) is 7.55. The molecule has 1 saturated heterocycles. The zero-order valence-electron chi connectivity index (χ0n) is 18.5. The van der Waals surface area contributed by atoms with Crippen LogP contribution in [0, 0.1) is 11.8 Å². The molecular formula is C23H19F5N4O3S. The Bertz CT molecular complexity index is 1360. The van der Waals surface area contributed by atoms with Crippen molar-refractivity contribution in [1.82, 2.24) is 19.6 Å². The van der Waals surface area contributed by atoms with E-state index in [9.17, 15) is 35.2 Å². The molecule has 1 unspecified atom stereocenters. The third-order valence-electron chi connectivity index (χ3n) is 5.60. The molecule has 1 atom stereocenters. The van der Waals surface area contributed by atoms with Gasteiger partial charge in [0.25, 0.3) is 0 Å². The summed E-state index contributed by atoms with van der Waals surface area (Å²) in [5.74, 6) is -2.14. The smallest absolute Gasteiger partial charge is 0.349 e. The van der Waals surface area contributed by atoms with Crippen LogP contribution in [0.5, 0.6) is 0 Å². The number of pyridine rings is 2. The highest BCUT2D eigenvalue weighted by molar-refractivity contribution is 7.89. The number of carbonyl (C=O) groups excluding carboxylic acids is 1. The average molecular weight is 526 g/mol. The molecule has 2 aromatic heterocycles. The molecule has 4 rings (SSSR count). The van der Waals surface area contributed by atoms with Gasteiger partial charge < -0.3 is 5.32 Å². The monoisotopic (exact) mass is 526 g/mol. The van der Waals surface area contributed by atoms with Gasteiger partial charge in [0.1, 0.15) is 17.6 Å². The summed E-state index contributed by atoms with van der Waals surface area (Å²) in [5.41, 5.74) is -0.604. The summed E-state index contributed by atoms with van der Waals surface area (Å²) < 4.78 is 92.5. The molecule has 0 aliphatic carbocycles. The highest BCUT2D eigenvalue weighted by Crippen LogP contribution is 2.29. The van der Waals surface area contributed by atoms with E-state index >= 15 is 0 Å². The van der Waals surface area contributed by atoms with Gasteiger partial charge in [-0.05, 0) is 54.8 Å². The lowest BCUT2D eigenvalue weighted by atomic mass is 10.1. The van der Waals surface area contributed by atoms with E-state index in [0.29, 0.717) is 6.42 Å². The number of nitrogens with one attached hydrogen (secondary N) is 1. The second kappa shape index (κ2) is 9.90. The van der Waals surface area contributed by atoms with Gasteiger partial charge >= 0.3 is 6.18 Å². The SMILES string of the molecule is O=C(NCc1cc(-c2ccc(C(F)(F)F)nc2)cc(F)n1)C1CCCN1S(=O)(=O)c1ccc(F)cc1. The standard InChI is InChI=1S/C23H19F5N4O3S/c24-16-4-6-18(7-5-16)36(34,35)32-9-1-2-19(32)22(33)30-13-17-10-15(11-21(25)31-17)14-3-8-20(29-12-14)23(26,27)28/h3-8,10-12,19H,1-2,9,13H2,(H,30,33). The van der Waals surface area contributed by atoms with E-state index in [0.717, 1.165) is 53.0 Å². The zero-order valence-corrected chi connectivity index (χ0v) is 19.3. The summed E-state index contributed by atoms with van der Waals surface area (Å²) in [6.45, 7) is -0.153. The van der Waals surface area contributed by atoms with Gasteiger partial charge in [-0.2, -0.15) is 21.9 Å². The average Bonchev–Trinajstić information content (AvgIpc) is 3.33. The van der Waals surface area contributed by atoms with Gasteiger partial charge in [0.2, 0.25) is 21.9 Å². The molecule has 36 heavy (non-hydrogen) atoms. The molecule has 3 aromatic rings. The van der Waals surface area contributed by atoms with Crippen LogP contribution < -0.4 is 5.32 Å². The molecule has 1 aromatic carbocycles. The van der Waals surface area contributed by atoms with Gasteiger partial charge in [-0.3, -0.25) is 9.78 Å². The van der Waals surface area contributed by atoms with Gasteiger partial charge in [-0.1, -0.05) is 6.07 Å². The van der Waals surface area contributed by atoms with Crippen LogP contribution in [0.4, 0.5) is 22.0 Å². The van der Waals surface area contributed by atoms with E-state index < -0.39 is 45.6 Å². The van der Waals surface area contributed by atoms with E-state index in [-0.39, 0.29) is 41.2 Å². The van der Waals surface area contributed by atoms with Crippen molar-refractivity contribution in [2.75, 3.05) is 6.54 Å². The molecule has 1 fully saturated rings. The van der Waals surface area contributed by atoms with Crippen molar-refractivity contribution in [2.24, 2.45) is 0 Å². The molecule has 190 valence electrons. The fourth-order valence-corrected chi connectivity index (χ4v) is 5.52. The number of halogens is 5. The molecule has 7 nitrogen and oxygen atoms in total. The Labute approximate surface area is 203 Å². The first kappa shape index (κ1) is 25.6. The summed E-state index contributed by atoms with van der Waals surface area (Å²) in [4.78, 5) is 19.7. The molecule has 1 N–H and O–H groups in total. The fraction of sp³-hybridized carbons (Fsp3) is 0.261. The van der Waals surface area contributed by atoms with E-state index in [1.165, 1.54) is 6.07 Å². The van der Waals surface area contributed by atoms with Crippen molar-refractivity contribution in [3.8, 4) is 11.1 Å². The van der Waals surface area contributed by atoms with Crippen LogP contribution in [0.3, 0.4) is 0 Å². The minimum Gasteiger partial charge on any atom is -0.349 e. The Morgan fingerprint density at radius 1 is 1.06 bits per heavy atom. The van der Waals surface area contributed by atoms with Crippen molar-refractivity contribution in [1.29, 1.82) is 0 Å². The molecular weight excluding hydrogens is 507 g/mol. The van der Waals surface area contributed by atoms with Crippen molar-refractivity contribution in [3.63, 3.8) is 0 Å². The number of rotatable bonds is 6. The van der Waals surface area contributed by atoms with E-state index in [1.54, 1.807) is 0 Å². The Kier molecular flexibility index (Phi) is 7.05. The Hall–Kier alpha value is -3.45. The van der Waals surface area contributed by atoms with Gasteiger partial charge in [0, 0.05) is 24.4 Å². The number of sulfonamides is 1. The van der Waals surface area contributed by atoms with Crippen molar-refractivity contribution >= 4 is 15.9 Å². The number of carbonyl (C=O) groups is 1. The molecule has 0 saturated carbocycles. The second-order valence-electron chi connectivity index (χ2n) is 8.05. The Balaban J connectivity index is 1.48. The van der Waals surface area contributed by atoms with Gasteiger partial charge in [0.15, 0.2) is 0 Å². The van der Waals surface area contributed by atoms with Gasteiger partial charge in [-0.15, -0.1) is 0 Å². The van der Waals surface area contributed by atoms with Crippen LogP contribution in [0.15, 0.2) is 59.6 Å². The number of hydrogen-bond acceptors (Lipinski definition) is 5. The second-order valence-corrected chi connectivity index (χ2v) is 9.94. The first-order valence-electron chi connectivity index (χ1n) is 10.7. The summed E-state index contributed by atoms with van der Waals surface area (Å²) in [7, 11) is -4.05. The van der Waals surface area contributed by atoms with Crippen molar-refractivity contribution < 1.29 is 35.2 Å². The maximum atomic E-state index is 14.1. The maximum absolute atomic E-state index is 14.1. The number of alkyl halides is 3. The summed E-state index contributed by atoms with van der Waals surface area (Å²) in [5, 5.41) is 2.54. The minimum absolute atomic E-state index is 0.0733. The number of benzene rings is 1. The van der Waals surface area contributed by atoms with E-state index in [4.69, 9.17) is 0 Å². The van der Waals surface area contributed by atoms with Crippen LogP contribution in [0.1, 0.15) is 24.2 Å². The number of aromatic nitrogens is 2. The highest BCUT2D eigenvalue weighted by atomic mass is 32.2. The van der Waals surface area contributed by atoms with Gasteiger partial charge in [-0.25, -0.2) is 17.8 Å². The number of nitrogens with zero attached hydrogens (tertiary/aromatic N) is 3. The van der Waals surface area contributed by atoms with Crippen LogP contribution in [-0.4, -0.2) is 41.2 Å². The molecule has 0 spiro atoms. The molecule has 13 heteroatoms. The maximum Gasteiger partial charge on any atom is 0.433 e. The lowest BCUT2D eigenvalue weighted by molar-refractivity contribution is -0.141. The third-order valence-corrected chi connectivity index (χ3v) is 7.53. The summed E-state index contributed by atoms with van der Waals surface area (Å²) in [6.07, 6.45) is -2.97. The lowest BCUT2D eigenvalue weighted by Crippen LogP contribution is -2.45. The van der Waals surface area contributed by atoms with Crippen LogP contribution >= 0.6 is 0 Å². The minimum atomic E-state index is -4.62. The topological polar surface area (TPSA) is 92.3 Å². The van der Waals surface area contributed by atoms with E-state index in [2.05, 4.69) is 15.3 Å². The first-order chi connectivity index (χ1) is 16.9. The van der Waals surface area contributed by atoms with Crippen LogP contribution in [0.25, 0.3) is 11.1 Å². The number of hydrogen-bond donors (Lipinski definition) is 1. The molecule has 1 aliphatic heterocycles. The molecule has 0 bridgehead atoms. The molecule has 0 radical (unpaired) electrons. The third kappa shape index (κ3) is 5.51. The quantitative estimate of drug-likeness (QED) is 0.389. The highest BCUT2D eigenvalue weighted by Gasteiger charge is 2.39. The van der Waals surface area contributed by atoms with Crippen molar-refractivity contribution in [3.05, 3.63) is 77.9 Å². The number of amides is 1. The first-order valence-corrected chi connectivity index (χ1v) is 12.1. The largest absolute Gasteiger partial charge is 0.433 e. The molecule has 1 aliphatic rings. The Morgan fingerprint density at radius 3 is 2.42 bits per heavy atom. The van der Waals surface area contributed by atoms with E-state index in [1.807, 2.05) is 0 Å². The lowest BCUT2D eigenvalue weighted by Gasteiger charge is -2.23. The fourth-order valence-electron chi connectivity index (χ4n) is 3.87. The zero-order chi connectivity index (χ0) is 26.1. The molecule has 3 heterocycles. The normalized spacial score (nSPS) is 16.8.